The Kier molecular flexibility index (Phi) is 2.84. The Hall–Kier alpha value is -1.29. The van der Waals surface area contributed by atoms with Gasteiger partial charge in [-0.3, -0.25) is 4.98 Å². The van der Waals surface area contributed by atoms with Crippen molar-refractivity contribution in [3.63, 3.8) is 0 Å². The molecule has 0 aliphatic heterocycles. The van der Waals surface area contributed by atoms with E-state index in [2.05, 4.69) is 27.6 Å². The van der Waals surface area contributed by atoms with Gasteiger partial charge in [0.1, 0.15) is 5.82 Å². The smallest absolute Gasteiger partial charge is 0.107 e. The Labute approximate surface area is 88.0 Å². The van der Waals surface area contributed by atoms with Crippen LogP contribution in [0.4, 0.5) is 0 Å². The fourth-order valence-electron chi connectivity index (χ4n) is 1.25. The van der Waals surface area contributed by atoms with Gasteiger partial charge in [0.25, 0.3) is 0 Å². The Morgan fingerprint density at radius 1 is 1.29 bits per heavy atom. The first-order chi connectivity index (χ1) is 6.90. The van der Waals surface area contributed by atoms with Crippen molar-refractivity contribution in [3.05, 3.63) is 36.4 Å². The van der Waals surface area contributed by atoms with Crippen LogP contribution in [0.15, 0.2) is 30.6 Å². The molecule has 2 rings (SSSR count). The molecule has 0 unspecified atom stereocenters. The molecule has 2 heterocycles. The SMILES string of the molecule is SCCc1ncc(-c2ccccn2)[nH]1. The molecule has 0 spiro atoms. The molecule has 2 aromatic heterocycles. The number of hydrogen-bond acceptors (Lipinski definition) is 3. The summed E-state index contributed by atoms with van der Waals surface area (Å²) in [4.78, 5) is 11.7. The van der Waals surface area contributed by atoms with Gasteiger partial charge < -0.3 is 4.98 Å². The minimum Gasteiger partial charge on any atom is -0.341 e. The summed E-state index contributed by atoms with van der Waals surface area (Å²) in [6.45, 7) is 0. The van der Waals surface area contributed by atoms with Crippen molar-refractivity contribution in [1.82, 2.24) is 15.0 Å². The number of hydrogen-bond donors (Lipinski definition) is 2. The molecule has 0 atom stereocenters. The van der Waals surface area contributed by atoms with Crippen LogP contribution in [-0.2, 0) is 6.42 Å². The number of thiol groups is 1. The monoisotopic (exact) mass is 205 g/mol. The Morgan fingerprint density at radius 2 is 2.21 bits per heavy atom. The second-order valence-electron chi connectivity index (χ2n) is 2.93. The molecular weight excluding hydrogens is 194 g/mol. The summed E-state index contributed by atoms with van der Waals surface area (Å²) in [6.07, 6.45) is 4.44. The van der Waals surface area contributed by atoms with Gasteiger partial charge in [0.05, 0.1) is 17.6 Å². The number of aromatic amines is 1. The van der Waals surface area contributed by atoms with Crippen molar-refractivity contribution >= 4 is 12.6 Å². The summed E-state index contributed by atoms with van der Waals surface area (Å²) in [6, 6.07) is 5.81. The number of H-pyrrole nitrogens is 1. The minimum atomic E-state index is 0.801. The standard InChI is InChI=1S/C10H11N3S/c14-6-4-10-12-7-9(13-10)8-3-1-2-5-11-8/h1-3,5,7,14H,4,6H2,(H,12,13). The first kappa shape index (κ1) is 9.27. The highest BCUT2D eigenvalue weighted by molar-refractivity contribution is 7.80. The summed E-state index contributed by atoms with van der Waals surface area (Å²) in [7, 11) is 0. The maximum atomic E-state index is 4.24. The summed E-state index contributed by atoms with van der Waals surface area (Å²) in [5.74, 6) is 1.76. The first-order valence-electron chi connectivity index (χ1n) is 4.46. The quantitative estimate of drug-likeness (QED) is 0.752. The second kappa shape index (κ2) is 4.28. The molecule has 2 aromatic rings. The lowest BCUT2D eigenvalue weighted by atomic mass is 10.3. The fraction of sp³-hybridized carbons (Fsp3) is 0.200. The van der Waals surface area contributed by atoms with Gasteiger partial charge in [-0.2, -0.15) is 12.6 Å². The average Bonchev–Trinajstić information content (AvgIpc) is 2.68. The van der Waals surface area contributed by atoms with Gasteiger partial charge in [-0.25, -0.2) is 4.98 Å². The number of nitrogens with one attached hydrogen (secondary N) is 1. The van der Waals surface area contributed by atoms with Crippen molar-refractivity contribution < 1.29 is 0 Å². The van der Waals surface area contributed by atoms with Crippen LogP contribution in [0.25, 0.3) is 11.4 Å². The van der Waals surface area contributed by atoms with Crippen LogP contribution in [0.2, 0.25) is 0 Å². The molecule has 72 valence electrons. The topological polar surface area (TPSA) is 41.6 Å². The minimum absolute atomic E-state index is 0.801. The van der Waals surface area contributed by atoms with Crippen molar-refractivity contribution in [3.8, 4) is 11.4 Å². The van der Waals surface area contributed by atoms with Gasteiger partial charge in [0.2, 0.25) is 0 Å². The molecule has 0 saturated carbocycles. The number of rotatable bonds is 3. The van der Waals surface area contributed by atoms with E-state index < -0.39 is 0 Å². The highest BCUT2D eigenvalue weighted by atomic mass is 32.1. The van der Waals surface area contributed by atoms with Gasteiger partial charge in [0.15, 0.2) is 0 Å². The van der Waals surface area contributed by atoms with E-state index in [0.29, 0.717) is 0 Å². The Balaban J connectivity index is 2.25. The molecular formula is C10H11N3S. The number of imidazole rings is 1. The largest absolute Gasteiger partial charge is 0.341 e. The van der Waals surface area contributed by atoms with Crippen molar-refractivity contribution in [2.75, 3.05) is 5.75 Å². The molecule has 3 nitrogen and oxygen atoms in total. The van der Waals surface area contributed by atoms with Crippen LogP contribution in [0.5, 0.6) is 0 Å². The summed E-state index contributed by atoms with van der Waals surface area (Å²) in [5, 5.41) is 0. The van der Waals surface area contributed by atoms with Crippen LogP contribution in [-0.4, -0.2) is 20.7 Å². The lowest BCUT2D eigenvalue weighted by Crippen LogP contribution is -1.88. The van der Waals surface area contributed by atoms with Crippen LogP contribution in [0, 0.1) is 0 Å². The molecule has 0 bridgehead atoms. The molecule has 0 fully saturated rings. The summed E-state index contributed by atoms with van der Waals surface area (Å²) < 4.78 is 0. The first-order valence-corrected chi connectivity index (χ1v) is 5.09. The third-order valence-corrected chi connectivity index (χ3v) is 2.14. The molecule has 4 heteroatoms. The average molecular weight is 205 g/mol. The van der Waals surface area contributed by atoms with Gasteiger partial charge in [-0.05, 0) is 17.9 Å². The normalized spacial score (nSPS) is 10.4. The maximum absolute atomic E-state index is 4.24. The van der Waals surface area contributed by atoms with Crippen molar-refractivity contribution in [2.24, 2.45) is 0 Å². The third-order valence-electron chi connectivity index (χ3n) is 1.92. The highest BCUT2D eigenvalue weighted by Gasteiger charge is 2.02. The lowest BCUT2D eigenvalue weighted by Gasteiger charge is -1.94. The predicted octanol–water partition coefficient (Wildman–Crippen LogP) is 1.94. The number of nitrogens with zero attached hydrogens (tertiary/aromatic N) is 2. The zero-order valence-corrected chi connectivity index (χ0v) is 8.54. The number of pyridine rings is 1. The number of aromatic nitrogens is 3. The van der Waals surface area contributed by atoms with Crippen molar-refractivity contribution in [1.29, 1.82) is 0 Å². The van der Waals surface area contributed by atoms with Gasteiger partial charge >= 0.3 is 0 Å². The zero-order chi connectivity index (χ0) is 9.80. The van der Waals surface area contributed by atoms with E-state index >= 15 is 0 Å². The highest BCUT2D eigenvalue weighted by Crippen LogP contribution is 2.13. The molecule has 0 radical (unpaired) electrons. The van der Waals surface area contributed by atoms with Gasteiger partial charge in [0, 0.05) is 12.6 Å². The fourth-order valence-corrected chi connectivity index (χ4v) is 1.46. The van der Waals surface area contributed by atoms with E-state index in [1.807, 2.05) is 18.2 Å². The van der Waals surface area contributed by atoms with Gasteiger partial charge in [-0.1, -0.05) is 6.07 Å². The van der Waals surface area contributed by atoms with E-state index in [1.165, 1.54) is 0 Å². The molecule has 1 N–H and O–H groups in total. The summed E-state index contributed by atoms with van der Waals surface area (Å²) in [5.41, 5.74) is 1.88. The molecule has 0 aliphatic carbocycles. The van der Waals surface area contributed by atoms with E-state index in [0.717, 1.165) is 29.4 Å². The van der Waals surface area contributed by atoms with Crippen LogP contribution in [0.3, 0.4) is 0 Å². The second-order valence-corrected chi connectivity index (χ2v) is 3.38. The summed E-state index contributed by atoms with van der Waals surface area (Å²) >= 11 is 4.15. The van der Waals surface area contributed by atoms with E-state index in [9.17, 15) is 0 Å². The van der Waals surface area contributed by atoms with E-state index in [1.54, 1.807) is 12.4 Å². The van der Waals surface area contributed by atoms with Crippen LogP contribution in [0.1, 0.15) is 5.82 Å². The van der Waals surface area contributed by atoms with E-state index in [4.69, 9.17) is 0 Å². The zero-order valence-electron chi connectivity index (χ0n) is 7.64. The molecule has 14 heavy (non-hydrogen) atoms. The van der Waals surface area contributed by atoms with Gasteiger partial charge in [-0.15, -0.1) is 0 Å². The third kappa shape index (κ3) is 1.96. The molecule has 0 saturated heterocycles. The predicted molar refractivity (Wildman–Crippen MR) is 59.4 cm³/mol. The van der Waals surface area contributed by atoms with Crippen LogP contribution >= 0.6 is 12.6 Å². The molecule has 0 aliphatic rings. The Bertz CT molecular complexity index is 397. The Morgan fingerprint density at radius 3 is 2.93 bits per heavy atom. The maximum Gasteiger partial charge on any atom is 0.107 e. The van der Waals surface area contributed by atoms with E-state index in [-0.39, 0.29) is 0 Å². The lowest BCUT2D eigenvalue weighted by molar-refractivity contribution is 1.00. The van der Waals surface area contributed by atoms with Crippen molar-refractivity contribution in [2.45, 2.75) is 6.42 Å². The molecule has 0 aromatic carbocycles. The molecule has 0 amide bonds. The number of aryl methyl sites for hydroxylation is 1. The van der Waals surface area contributed by atoms with Crippen LogP contribution < -0.4 is 0 Å².